The third-order valence-corrected chi connectivity index (χ3v) is 8.60. The van der Waals surface area contributed by atoms with E-state index in [2.05, 4.69) is 5.32 Å². The summed E-state index contributed by atoms with van der Waals surface area (Å²) in [6.07, 6.45) is -0.446. The SMILES string of the molecule is CC(C)COC(=O)Nc1ccc(-c2ccc(O)c3c2C[C@H]2C[C@H]4[C@H](N(C)C)C(O)=C(C(N)=O)C(=O)[C@@]4(O)C(O)=C2C3=O)cc1. The Bertz CT molecular complexity index is 1640. The Hall–Kier alpha value is -4.68. The van der Waals surface area contributed by atoms with Gasteiger partial charge in [0.25, 0.3) is 5.91 Å². The summed E-state index contributed by atoms with van der Waals surface area (Å²) in [5.74, 6) is -6.83. The van der Waals surface area contributed by atoms with Crippen molar-refractivity contribution in [3.63, 3.8) is 0 Å². The van der Waals surface area contributed by atoms with Crippen molar-refractivity contribution in [1.82, 2.24) is 4.90 Å². The number of aliphatic hydroxyl groups is 3. The summed E-state index contributed by atoms with van der Waals surface area (Å²) in [6.45, 7) is 4.12. The highest BCUT2D eigenvalue weighted by atomic mass is 16.5. The molecule has 7 N–H and O–H groups in total. The number of likely N-dealkylation sites (N-methyl/N-ethyl adjacent to an activating group) is 1. The number of hydrogen-bond acceptors (Lipinski definition) is 10. The zero-order valence-corrected chi connectivity index (χ0v) is 24.7. The third kappa shape index (κ3) is 4.80. The second-order valence-corrected chi connectivity index (χ2v) is 12.1. The van der Waals surface area contributed by atoms with Crippen molar-refractivity contribution in [3.05, 3.63) is 70.2 Å². The first kappa shape index (κ1) is 30.8. The lowest BCUT2D eigenvalue weighted by molar-refractivity contribution is -0.148. The smallest absolute Gasteiger partial charge is 0.411 e. The number of hydrogen-bond donors (Lipinski definition) is 6. The fourth-order valence-corrected chi connectivity index (χ4v) is 6.65. The van der Waals surface area contributed by atoms with Gasteiger partial charge in [-0.3, -0.25) is 24.6 Å². The number of allylic oxidation sites excluding steroid dienone is 1. The topological polar surface area (TPSA) is 200 Å². The molecule has 3 aliphatic carbocycles. The number of phenolic OH excluding ortho intramolecular Hbond substituents is 1. The molecular weight excluding hydrogens is 570 g/mol. The Morgan fingerprint density at radius 3 is 2.34 bits per heavy atom. The number of benzene rings is 2. The van der Waals surface area contributed by atoms with E-state index in [1.807, 2.05) is 13.8 Å². The van der Waals surface area contributed by atoms with Gasteiger partial charge in [-0.2, -0.15) is 0 Å². The molecule has 2 aromatic rings. The number of nitrogens with two attached hydrogens (primary N) is 1. The van der Waals surface area contributed by atoms with Gasteiger partial charge in [0.1, 0.15) is 22.8 Å². The quantitative estimate of drug-likeness (QED) is 0.266. The molecule has 12 heteroatoms. The van der Waals surface area contributed by atoms with Crippen molar-refractivity contribution < 1.29 is 44.3 Å². The standard InChI is InChI=1S/C32H35N3O9/c1-14(2)13-44-31(42)34-17-7-5-15(6-8-17)18-9-10-21(36)23-19(18)11-16-12-20-25(35(3)4)27(38)24(30(33)41)29(40)32(20,43)28(39)22(16)26(23)37/h5-10,14,16,20,25,36,38-39,43H,11-13H2,1-4H3,(H2,33,41)(H,34,42)/t16-,20-,25-,32-/m0/s1. The van der Waals surface area contributed by atoms with Gasteiger partial charge in [-0.05, 0) is 73.7 Å². The molecule has 5 rings (SSSR count). The highest BCUT2D eigenvalue weighted by Crippen LogP contribution is 2.53. The van der Waals surface area contributed by atoms with E-state index in [1.54, 1.807) is 44.4 Å². The number of ketones is 2. The molecule has 0 heterocycles. The van der Waals surface area contributed by atoms with Gasteiger partial charge in [-0.15, -0.1) is 0 Å². The van der Waals surface area contributed by atoms with Gasteiger partial charge in [-0.1, -0.05) is 32.0 Å². The molecule has 0 fully saturated rings. The first-order valence-corrected chi connectivity index (χ1v) is 14.2. The van der Waals surface area contributed by atoms with E-state index in [1.165, 1.54) is 11.0 Å². The van der Waals surface area contributed by atoms with Crippen LogP contribution in [0.5, 0.6) is 5.75 Å². The summed E-state index contributed by atoms with van der Waals surface area (Å²) in [6, 6.07) is 8.77. The molecule has 0 aliphatic heterocycles. The Balaban J connectivity index is 1.56. The molecule has 2 aromatic carbocycles. The largest absolute Gasteiger partial charge is 0.510 e. The molecule has 3 aliphatic rings. The highest BCUT2D eigenvalue weighted by Gasteiger charge is 2.63. The molecule has 0 aromatic heterocycles. The third-order valence-electron chi connectivity index (χ3n) is 8.60. The van der Waals surface area contributed by atoms with E-state index in [-0.39, 0.29) is 42.3 Å². The van der Waals surface area contributed by atoms with Crippen LogP contribution < -0.4 is 11.1 Å². The van der Waals surface area contributed by atoms with E-state index in [4.69, 9.17) is 10.5 Å². The number of fused-ring (bicyclic) bond motifs is 3. The van der Waals surface area contributed by atoms with Gasteiger partial charge in [-0.25, -0.2) is 4.79 Å². The molecule has 44 heavy (non-hydrogen) atoms. The number of aliphatic hydroxyl groups excluding tert-OH is 2. The minimum Gasteiger partial charge on any atom is -0.510 e. The van der Waals surface area contributed by atoms with Crippen molar-refractivity contribution in [2.45, 2.75) is 38.3 Å². The van der Waals surface area contributed by atoms with Gasteiger partial charge in [0.2, 0.25) is 5.78 Å². The summed E-state index contributed by atoms with van der Waals surface area (Å²) < 4.78 is 5.16. The van der Waals surface area contributed by atoms with Gasteiger partial charge in [0, 0.05) is 17.2 Å². The van der Waals surface area contributed by atoms with Crippen LogP contribution in [0.2, 0.25) is 0 Å². The highest BCUT2D eigenvalue weighted by molar-refractivity contribution is 6.25. The zero-order valence-electron chi connectivity index (χ0n) is 24.7. The van der Waals surface area contributed by atoms with Crippen LogP contribution >= 0.6 is 0 Å². The Labute approximate surface area is 253 Å². The molecule has 0 bridgehead atoms. The number of ether oxygens (including phenoxy) is 1. The minimum absolute atomic E-state index is 0.0117. The number of Topliss-reactive ketones (excluding diaryl/α,β-unsaturated/α-hetero) is 2. The summed E-state index contributed by atoms with van der Waals surface area (Å²) in [5, 5.41) is 47.6. The van der Waals surface area contributed by atoms with Crippen LogP contribution in [0.4, 0.5) is 10.5 Å². The number of nitrogens with zero attached hydrogens (tertiary/aromatic N) is 1. The molecule has 0 saturated heterocycles. The van der Waals surface area contributed by atoms with Crippen molar-refractivity contribution in [1.29, 1.82) is 0 Å². The Morgan fingerprint density at radius 2 is 1.75 bits per heavy atom. The molecular formula is C32H35N3O9. The minimum atomic E-state index is -2.70. The molecule has 12 nitrogen and oxygen atoms in total. The fourth-order valence-electron chi connectivity index (χ4n) is 6.65. The molecule has 0 unspecified atom stereocenters. The molecule has 0 spiro atoms. The molecule has 2 amide bonds. The van der Waals surface area contributed by atoms with Crippen molar-refractivity contribution >= 4 is 29.3 Å². The van der Waals surface area contributed by atoms with E-state index in [0.29, 0.717) is 22.4 Å². The predicted molar refractivity (Wildman–Crippen MR) is 159 cm³/mol. The van der Waals surface area contributed by atoms with Crippen LogP contribution in [0.3, 0.4) is 0 Å². The van der Waals surface area contributed by atoms with Crippen LogP contribution in [0, 0.1) is 17.8 Å². The molecule has 0 radical (unpaired) electrons. The number of carbonyl (C=O) groups is 4. The van der Waals surface area contributed by atoms with Gasteiger partial charge in [0.15, 0.2) is 11.4 Å². The lowest BCUT2D eigenvalue weighted by Gasteiger charge is -2.50. The predicted octanol–water partition coefficient (Wildman–Crippen LogP) is 2.99. The summed E-state index contributed by atoms with van der Waals surface area (Å²) in [5.41, 5.74) is 3.83. The lowest BCUT2D eigenvalue weighted by Crippen LogP contribution is -2.63. The van der Waals surface area contributed by atoms with Gasteiger partial charge in [0.05, 0.1) is 18.2 Å². The van der Waals surface area contributed by atoms with Crippen LogP contribution in [0.1, 0.15) is 36.2 Å². The number of rotatable bonds is 6. The maximum atomic E-state index is 13.9. The van der Waals surface area contributed by atoms with Crippen molar-refractivity contribution in [2.24, 2.45) is 23.5 Å². The number of anilines is 1. The van der Waals surface area contributed by atoms with Crippen LogP contribution in [0.25, 0.3) is 11.1 Å². The van der Waals surface area contributed by atoms with E-state index in [0.717, 1.165) is 0 Å². The number of nitrogens with one attached hydrogen (secondary N) is 1. The fraction of sp³-hybridized carbons (Fsp3) is 0.375. The maximum absolute atomic E-state index is 13.9. The van der Waals surface area contributed by atoms with Crippen LogP contribution in [-0.2, 0) is 20.7 Å². The Kier molecular flexibility index (Phi) is 7.77. The van der Waals surface area contributed by atoms with Gasteiger partial charge >= 0.3 is 6.09 Å². The van der Waals surface area contributed by atoms with E-state index in [9.17, 15) is 39.6 Å². The summed E-state index contributed by atoms with van der Waals surface area (Å²) >= 11 is 0. The van der Waals surface area contributed by atoms with E-state index >= 15 is 0 Å². The average Bonchev–Trinajstić information content (AvgIpc) is 2.94. The zero-order chi connectivity index (χ0) is 32.2. The number of amides is 2. The first-order chi connectivity index (χ1) is 20.7. The Morgan fingerprint density at radius 1 is 1.09 bits per heavy atom. The number of phenols is 1. The monoisotopic (exact) mass is 605 g/mol. The number of carbonyl (C=O) groups excluding carboxylic acids is 4. The normalized spacial score (nSPS) is 24.7. The molecule has 0 saturated carbocycles. The summed E-state index contributed by atoms with van der Waals surface area (Å²) in [7, 11) is 3.15. The number of aromatic hydroxyl groups is 1. The lowest BCUT2D eigenvalue weighted by atomic mass is 9.58. The number of primary amides is 1. The van der Waals surface area contributed by atoms with Gasteiger partial charge < -0.3 is 30.9 Å². The second-order valence-electron chi connectivity index (χ2n) is 12.1. The summed E-state index contributed by atoms with van der Waals surface area (Å²) in [4.78, 5) is 53.1. The van der Waals surface area contributed by atoms with Crippen molar-refractivity contribution in [2.75, 3.05) is 26.0 Å². The molecule has 4 atom stereocenters. The average molecular weight is 606 g/mol. The first-order valence-electron chi connectivity index (χ1n) is 14.2. The second kappa shape index (κ2) is 11.1. The van der Waals surface area contributed by atoms with Crippen LogP contribution in [-0.4, -0.2) is 81.2 Å². The van der Waals surface area contributed by atoms with Crippen LogP contribution in [0.15, 0.2) is 59.1 Å². The molecule has 232 valence electrons. The maximum Gasteiger partial charge on any atom is 0.411 e. The van der Waals surface area contributed by atoms with E-state index < -0.39 is 64.1 Å². The van der Waals surface area contributed by atoms with Crippen molar-refractivity contribution in [3.8, 4) is 16.9 Å².